The van der Waals surface area contributed by atoms with Gasteiger partial charge in [-0.25, -0.2) is 0 Å². The maximum Gasteiger partial charge on any atom is 0.416 e. The highest BCUT2D eigenvalue weighted by atomic mass is 35.5. The van der Waals surface area contributed by atoms with Crippen molar-refractivity contribution >= 4 is 17.3 Å². The van der Waals surface area contributed by atoms with Gasteiger partial charge in [0.1, 0.15) is 0 Å². The Balaban J connectivity index is 2.64. The lowest BCUT2D eigenvalue weighted by molar-refractivity contribution is -0.138. The van der Waals surface area contributed by atoms with Crippen LogP contribution < -0.4 is 5.32 Å². The molecule has 1 aliphatic heterocycles. The Morgan fingerprint density at radius 2 is 2.07 bits per heavy atom. The lowest BCUT2D eigenvalue weighted by Gasteiger charge is -2.14. The first kappa shape index (κ1) is 10.6. The molecule has 15 heavy (non-hydrogen) atoms. The zero-order chi connectivity index (χ0) is 11.2. The average molecular weight is 236 g/mol. The van der Waals surface area contributed by atoms with E-state index < -0.39 is 11.7 Å². The third-order valence-corrected chi connectivity index (χ3v) is 2.89. The minimum atomic E-state index is -4.31. The van der Waals surface area contributed by atoms with Crippen molar-refractivity contribution in [1.82, 2.24) is 0 Å². The number of nitrogens with one attached hydrogen (secondary N) is 1. The number of anilines is 1. The van der Waals surface area contributed by atoms with Crippen molar-refractivity contribution in [3.63, 3.8) is 0 Å². The predicted molar refractivity (Wildman–Crippen MR) is 53.4 cm³/mol. The van der Waals surface area contributed by atoms with Crippen LogP contribution in [0.4, 0.5) is 18.9 Å². The first-order chi connectivity index (χ1) is 6.91. The molecule has 1 aliphatic rings. The number of alkyl halides is 3. The van der Waals surface area contributed by atoms with E-state index in [1.165, 1.54) is 6.07 Å². The fraction of sp³-hybridized carbons (Fsp3) is 0.400. The minimum Gasteiger partial charge on any atom is -0.383 e. The van der Waals surface area contributed by atoms with Crippen molar-refractivity contribution < 1.29 is 13.2 Å². The van der Waals surface area contributed by atoms with Gasteiger partial charge in [0, 0.05) is 12.5 Å². The zero-order valence-corrected chi connectivity index (χ0v) is 8.71. The van der Waals surface area contributed by atoms with Crippen molar-refractivity contribution in [2.45, 2.75) is 19.0 Å². The molecule has 1 unspecified atom stereocenters. The van der Waals surface area contributed by atoms with Crippen LogP contribution in [-0.2, 0) is 6.18 Å². The summed E-state index contributed by atoms with van der Waals surface area (Å²) < 4.78 is 38.0. The monoisotopic (exact) mass is 235 g/mol. The summed E-state index contributed by atoms with van der Waals surface area (Å²) in [6, 6.07) is 2.33. The Morgan fingerprint density at radius 1 is 1.40 bits per heavy atom. The third kappa shape index (κ3) is 1.67. The maximum absolute atomic E-state index is 12.7. The van der Waals surface area contributed by atoms with Crippen LogP contribution in [-0.4, -0.2) is 6.54 Å². The second-order valence-electron chi connectivity index (χ2n) is 3.66. The van der Waals surface area contributed by atoms with Crippen LogP contribution in [0.15, 0.2) is 12.1 Å². The zero-order valence-electron chi connectivity index (χ0n) is 7.95. The molecule has 1 N–H and O–H groups in total. The van der Waals surface area contributed by atoms with E-state index in [2.05, 4.69) is 5.32 Å². The average Bonchev–Trinajstić information content (AvgIpc) is 2.48. The predicted octanol–water partition coefficient (Wildman–Crippen LogP) is 3.89. The normalized spacial score (nSPS) is 19.9. The van der Waals surface area contributed by atoms with Gasteiger partial charge < -0.3 is 5.32 Å². The number of hydrogen-bond donors (Lipinski definition) is 1. The first-order valence-electron chi connectivity index (χ1n) is 4.54. The third-order valence-electron chi connectivity index (χ3n) is 2.58. The van der Waals surface area contributed by atoms with Crippen molar-refractivity contribution in [2.24, 2.45) is 0 Å². The number of rotatable bonds is 0. The van der Waals surface area contributed by atoms with E-state index in [-0.39, 0.29) is 11.5 Å². The minimum absolute atomic E-state index is 0.157. The molecule has 0 fully saturated rings. The summed E-state index contributed by atoms with van der Waals surface area (Å²) in [4.78, 5) is 0. The first-order valence-corrected chi connectivity index (χ1v) is 4.92. The quantitative estimate of drug-likeness (QED) is 0.719. The van der Waals surface area contributed by atoms with Gasteiger partial charge in [0.15, 0.2) is 0 Å². The molecule has 1 nitrogen and oxygen atoms in total. The molecule has 0 saturated heterocycles. The highest BCUT2D eigenvalue weighted by molar-refractivity contribution is 6.33. The van der Waals surface area contributed by atoms with E-state index in [1.807, 2.05) is 0 Å². The lowest BCUT2D eigenvalue weighted by Crippen LogP contribution is -2.09. The van der Waals surface area contributed by atoms with Gasteiger partial charge in [-0.3, -0.25) is 0 Å². The summed E-state index contributed by atoms with van der Waals surface area (Å²) in [5, 5.41) is 3.25. The molecular weight excluding hydrogens is 227 g/mol. The molecule has 1 aromatic rings. The van der Waals surface area contributed by atoms with Gasteiger partial charge in [0.2, 0.25) is 0 Å². The Labute approximate surface area is 90.2 Å². The highest BCUT2D eigenvalue weighted by Gasteiger charge is 2.38. The van der Waals surface area contributed by atoms with Gasteiger partial charge in [-0.05, 0) is 17.7 Å². The lowest BCUT2D eigenvalue weighted by atomic mass is 9.97. The fourth-order valence-corrected chi connectivity index (χ4v) is 2.12. The standard InChI is InChI=1S/C10H9ClF3N/c1-5-4-15-9-7(11)3-2-6(8(5)9)10(12,13)14/h2-3,5,15H,4H2,1H3. The largest absolute Gasteiger partial charge is 0.416 e. The summed E-state index contributed by atoms with van der Waals surface area (Å²) in [6.45, 7) is 2.26. The Hall–Kier alpha value is -0.900. The molecule has 5 heteroatoms. The molecule has 2 rings (SSSR count). The number of hydrogen-bond acceptors (Lipinski definition) is 1. The molecule has 0 radical (unpaired) electrons. The van der Waals surface area contributed by atoms with Crippen LogP contribution in [0.3, 0.4) is 0 Å². The Morgan fingerprint density at radius 3 is 2.67 bits per heavy atom. The van der Waals surface area contributed by atoms with E-state index >= 15 is 0 Å². The topological polar surface area (TPSA) is 12.0 Å². The van der Waals surface area contributed by atoms with E-state index in [9.17, 15) is 13.2 Å². The van der Waals surface area contributed by atoms with E-state index in [0.717, 1.165) is 6.07 Å². The van der Waals surface area contributed by atoms with Crippen molar-refractivity contribution in [3.8, 4) is 0 Å². The van der Waals surface area contributed by atoms with Crippen LogP contribution in [0.25, 0.3) is 0 Å². The second kappa shape index (κ2) is 3.30. The van der Waals surface area contributed by atoms with Crippen molar-refractivity contribution in [2.75, 3.05) is 11.9 Å². The van der Waals surface area contributed by atoms with Gasteiger partial charge in [-0.1, -0.05) is 18.5 Å². The van der Waals surface area contributed by atoms with Gasteiger partial charge in [0.25, 0.3) is 0 Å². The number of fused-ring (bicyclic) bond motifs is 1. The van der Waals surface area contributed by atoms with Crippen LogP contribution >= 0.6 is 11.6 Å². The Bertz CT molecular complexity index is 400. The molecule has 0 aliphatic carbocycles. The molecule has 1 atom stereocenters. The molecule has 0 spiro atoms. The van der Waals surface area contributed by atoms with Crippen molar-refractivity contribution in [3.05, 3.63) is 28.3 Å². The molecule has 0 aromatic heterocycles. The number of benzene rings is 1. The molecular formula is C10H9ClF3N. The summed E-state index contributed by atoms with van der Waals surface area (Å²) in [7, 11) is 0. The highest BCUT2D eigenvalue weighted by Crippen LogP contribution is 2.44. The van der Waals surface area contributed by atoms with Gasteiger partial charge in [-0.15, -0.1) is 0 Å². The summed E-state index contributed by atoms with van der Waals surface area (Å²) in [6.07, 6.45) is -4.31. The molecule has 1 heterocycles. The maximum atomic E-state index is 12.7. The smallest absolute Gasteiger partial charge is 0.383 e. The molecule has 1 aromatic carbocycles. The fourth-order valence-electron chi connectivity index (χ4n) is 1.89. The molecule has 0 amide bonds. The SMILES string of the molecule is CC1CNc2c(Cl)ccc(C(F)(F)F)c21. The van der Waals surface area contributed by atoms with Gasteiger partial charge in [0.05, 0.1) is 16.3 Å². The van der Waals surface area contributed by atoms with Crippen LogP contribution in [0.1, 0.15) is 24.0 Å². The summed E-state index contributed by atoms with van der Waals surface area (Å²) >= 11 is 5.83. The second-order valence-corrected chi connectivity index (χ2v) is 4.07. The van der Waals surface area contributed by atoms with E-state index in [1.54, 1.807) is 6.92 Å². The molecule has 82 valence electrons. The van der Waals surface area contributed by atoms with Gasteiger partial charge in [-0.2, -0.15) is 13.2 Å². The Kier molecular flexibility index (Phi) is 2.34. The summed E-state index contributed by atoms with van der Waals surface area (Å²) in [5.41, 5.74) is 0.133. The molecule has 0 bridgehead atoms. The van der Waals surface area contributed by atoms with Crippen LogP contribution in [0.5, 0.6) is 0 Å². The summed E-state index contributed by atoms with van der Waals surface area (Å²) in [5.74, 6) is -0.157. The van der Waals surface area contributed by atoms with E-state index in [0.29, 0.717) is 17.3 Å². The van der Waals surface area contributed by atoms with Crippen LogP contribution in [0, 0.1) is 0 Å². The number of halogens is 4. The van der Waals surface area contributed by atoms with Crippen LogP contribution in [0.2, 0.25) is 5.02 Å². The van der Waals surface area contributed by atoms with E-state index in [4.69, 9.17) is 11.6 Å². The molecule has 0 saturated carbocycles. The van der Waals surface area contributed by atoms with Crippen molar-refractivity contribution in [1.29, 1.82) is 0 Å². The van der Waals surface area contributed by atoms with Gasteiger partial charge >= 0.3 is 6.18 Å².